The highest BCUT2D eigenvalue weighted by Gasteiger charge is 2.13. The normalized spacial score (nSPS) is 11.0. The van der Waals surface area contributed by atoms with Crippen molar-refractivity contribution in [1.82, 2.24) is 30.1 Å². The van der Waals surface area contributed by atoms with Gasteiger partial charge in [-0.3, -0.25) is 0 Å². The summed E-state index contributed by atoms with van der Waals surface area (Å²) in [4.78, 5) is 16.2. The van der Waals surface area contributed by atoms with Crippen molar-refractivity contribution < 1.29 is 4.42 Å². The van der Waals surface area contributed by atoms with Crippen LogP contribution >= 0.6 is 11.8 Å². The number of nitrogens with zero attached hydrogens (tertiary/aromatic N) is 5. The van der Waals surface area contributed by atoms with Gasteiger partial charge in [-0.15, -0.1) is 10.2 Å². The van der Waals surface area contributed by atoms with Crippen LogP contribution in [-0.4, -0.2) is 30.1 Å². The van der Waals surface area contributed by atoms with E-state index in [1.165, 1.54) is 24.5 Å². The predicted octanol–water partition coefficient (Wildman–Crippen LogP) is 2.55. The van der Waals surface area contributed by atoms with E-state index in [0.29, 0.717) is 15.9 Å². The third kappa shape index (κ3) is 2.25. The van der Waals surface area contributed by atoms with E-state index in [9.17, 15) is 0 Å². The number of aromatic nitrogens is 6. The molecule has 7 nitrogen and oxygen atoms in total. The van der Waals surface area contributed by atoms with Crippen molar-refractivity contribution in [3.63, 3.8) is 0 Å². The number of nitrogens with one attached hydrogen (secondary N) is 1. The highest BCUT2D eigenvalue weighted by Crippen LogP contribution is 2.29. The van der Waals surface area contributed by atoms with Gasteiger partial charge in [0.15, 0.2) is 5.65 Å². The standard InChI is InChI=1S/C13H8N6OS/c1-2-4-8(5-3-1)10-17-9-11(18-10)14-6-15-12(9)21-13-19-16-7-20-13/h1-7H,(H,14,15,17,18). The lowest BCUT2D eigenvalue weighted by atomic mass is 10.2. The average Bonchev–Trinajstić information content (AvgIpc) is 3.17. The Kier molecular flexibility index (Phi) is 2.86. The van der Waals surface area contributed by atoms with Gasteiger partial charge in [0.25, 0.3) is 5.22 Å². The molecule has 1 aromatic carbocycles. The van der Waals surface area contributed by atoms with E-state index in [-0.39, 0.29) is 0 Å². The number of aromatic amines is 1. The van der Waals surface area contributed by atoms with E-state index in [4.69, 9.17) is 4.42 Å². The van der Waals surface area contributed by atoms with Crippen LogP contribution in [0.15, 0.2) is 57.7 Å². The fourth-order valence-electron chi connectivity index (χ4n) is 1.91. The van der Waals surface area contributed by atoms with Crippen LogP contribution in [0.1, 0.15) is 0 Å². The summed E-state index contributed by atoms with van der Waals surface area (Å²) in [5.74, 6) is 0.749. The fraction of sp³-hybridized carbons (Fsp3) is 0. The van der Waals surface area contributed by atoms with Crippen LogP contribution < -0.4 is 0 Å². The Bertz CT molecular complexity index is 874. The molecule has 4 rings (SSSR count). The molecule has 0 amide bonds. The molecule has 0 unspecified atom stereocenters. The summed E-state index contributed by atoms with van der Waals surface area (Å²) in [6, 6.07) is 9.85. The minimum Gasteiger partial charge on any atom is -0.419 e. The zero-order valence-electron chi connectivity index (χ0n) is 10.6. The minimum absolute atomic E-state index is 0.422. The lowest BCUT2D eigenvalue weighted by Crippen LogP contribution is -1.85. The van der Waals surface area contributed by atoms with Crippen LogP contribution in [0.25, 0.3) is 22.6 Å². The summed E-state index contributed by atoms with van der Waals surface area (Å²) in [5.41, 5.74) is 2.34. The maximum Gasteiger partial charge on any atom is 0.282 e. The van der Waals surface area contributed by atoms with E-state index >= 15 is 0 Å². The number of benzene rings is 1. The third-order valence-corrected chi connectivity index (χ3v) is 3.68. The van der Waals surface area contributed by atoms with Crippen molar-refractivity contribution in [3.8, 4) is 11.4 Å². The molecule has 0 saturated carbocycles. The summed E-state index contributed by atoms with van der Waals surface area (Å²) < 4.78 is 5.12. The summed E-state index contributed by atoms with van der Waals surface area (Å²) >= 11 is 1.27. The molecule has 0 aliphatic carbocycles. The highest BCUT2D eigenvalue weighted by molar-refractivity contribution is 7.99. The van der Waals surface area contributed by atoms with E-state index in [1.54, 1.807) is 0 Å². The lowest BCUT2D eigenvalue weighted by molar-refractivity contribution is 0.453. The van der Waals surface area contributed by atoms with Crippen LogP contribution in [0.2, 0.25) is 0 Å². The molecular weight excluding hydrogens is 288 g/mol. The van der Waals surface area contributed by atoms with Crippen LogP contribution in [0.3, 0.4) is 0 Å². The highest BCUT2D eigenvalue weighted by atomic mass is 32.2. The van der Waals surface area contributed by atoms with E-state index in [0.717, 1.165) is 16.9 Å². The first-order chi connectivity index (χ1) is 10.4. The van der Waals surface area contributed by atoms with Crippen molar-refractivity contribution in [2.75, 3.05) is 0 Å². The molecule has 0 fully saturated rings. The molecule has 0 bridgehead atoms. The van der Waals surface area contributed by atoms with Crippen LogP contribution in [0.5, 0.6) is 0 Å². The summed E-state index contributed by atoms with van der Waals surface area (Å²) in [6.07, 6.45) is 2.75. The molecule has 0 radical (unpaired) electrons. The maximum absolute atomic E-state index is 5.12. The number of hydrogen-bond donors (Lipinski definition) is 1. The molecule has 3 heterocycles. The number of hydrogen-bond acceptors (Lipinski definition) is 7. The monoisotopic (exact) mass is 296 g/mol. The molecule has 0 spiro atoms. The van der Waals surface area contributed by atoms with Gasteiger partial charge in [0.05, 0.1) is 0 Å². The van der Waals surface area contributed by atoms with Crippen molar-refractivity contribution in [2.24, 2.45) is 0 Å². The molecule has 0 saturated heterocycles. The maximum atomic E-state index is 5.12. The first-order valence-electron chi connectivity index (χ1n) is 6.10. The number of rotatable bonds is 3. The molecule has 0 atom stereocenters. The number of imidazole rings is 1. The van der Waals surface area contributed by atoms with Gasteiger partial charge in [0.1, 0.15) is 22.7 Å². The Morgan fingerprint density at radius 3 is 2.81 bits per heavy atom. The Morgan fingerprint density at radius 1 is 1.10 bits per heavy atom. The first-order valence-corrected chi connectivity index (χ1v) is 6.92. The minimum atomic E-state index is 0.422. The summed E-state index contributed by atoms with van der Waals surface area (Å²) in [5, 5.41) is 8.59. The average molecular weight is 296 g/mol. The zero-order chi connectivity index (χ0) is 14.1. The topological polar surface area (TPSA) is 93.4 Å². The predicted molar refractivity (Wildman–Crippen MR) is 75.5 cm³/mol. The Labute approximate surface area is 122 Å². The van der Waals surface area contributed by atoms with Crippen LogP contribution in [0.4, 0.5) is 0 Å². The van der Waals surface area contributed by atoms with Gasteiger partial charge < -0.3 is 9.40 Å². The zero-order valence-corrected chi connectivity index (χ0v) is 11.4. The Hall–Kier alpha value is -2.74. The second kappa shape index (κ2) is 4.98. The van der Waals surface area contributed by atoms with Gasteiger partial charge in [0, 0.05) is 5.56 Å². The molecule has 21 heavy (non-hydrogen) atoms. The van der Waals surface area contributed by atoms with Crippen molar-refractivity contribution in [3.05, 3.63) is 43.1 Å². The molecule has 4 aromatic rings. The number of H-pyrrole nitrogens is 1. The molecular formula is C13H8N6OS. The van der Waals surface area contributed by atoms with Crippen LogP contribution in [-0.2, 0) is 0 Å². The Morgan fingerprint density at radius 2 is 2.00 bits per heavy atom. The van der Waals surface area contributed by atoms with Crippen molar-refractivity contribution in [2.45, 2.75) is 10.2 Å². The summed E-state index contributed by atoms with van der Waals surface area (Å²) in [6.45, 7) is 0. The van der Waals surface area contributed by atoms with E-state index in [1.807, 2.05) is 30.3 Å². The molecule has 1 N–H and O–H groups in total. The largest absolute Gasteiger partial charge is 0.419 e. The van der Waals surface area contributed by atoms with Gasteiger partial charge >= 0.3 is 0 Å². The second-order valence-corrected chi connectivity index (χ2v) is 5.08. The molecule has 3 aromatic heterocycles. The number of fused-ring (bicyclic) bond motifs is 1. The fourth-order valence-corrected chi connectivity index (χ4v) is 2.60. The van der Waals surface area contributed by atoms with E-state index in [2.05, 4.69) is 30.1 Å². The van der Waals surface area contributed by atoms with Crippen molar-refractivity contribution in [1.29, 1.82) is 0 Å². The molecule has 8 heteroatoms. The van der Waals surface area contributed by atoms with Gasteiger partial charge in [-0.1, -0.05) is 30.3 Å². The first kappa shape index (κ1) is 12.0. The molecule has 0 aliphatic heterocycles. The Balaban J connectivity index is 1.81. The molecule has 102 valence electrons. The van der Waals surface area contributed by atoms with Gasteiger partial charge in [-0.25, -0.2) is 15.0 Å². The molecule has 0 aliphatic rings. The third-order valence-electron chi connectivity index (χ3n) is 2.82. The SMILES string of the molecule is c1ccc(-c2nc3ncnc(Sc4nnco4)c3[nH]2)cc1. The van der Waals surface area contributed by atoms with Crippen molar-refractivity contribution >= 4 is 22.9 Å². The van der Waals surface area contributed by atoms with Gasteiger partial charge in [-0.2, -0.15) is 0 Å². The lowest BCUT2D eigenvalue weighted by Gasteiger charge is -1.96. The smallest absolute Gasteiger partial charge is 0.282 e. The quantitative estimate of drug-likeness (QED) is 0.580. The summed E-state index contributed by atoms with van der Waals surface area (Å²) in [7, 11) is 0. The second-order valence-electron chi connectivity index (χ2n) is 4.14. The van der Waals surface area contributed by atoms with Gasteiger partial charge in [0.2, 0.25) is 6.39 Å². The van der Waals surface area contributed by atoms with Crippen LogP contribution in [0, 0.1) is 0 Å². The van der Waals surface area contributed by atoms with Gasteiger partial charge in [-0.05, 0) is 11.8 Å². The van der Waals surface area contributed by atoms with E-state index < -0.39 is 0 Å².